The average Bonchev–Trinajstić information content (AvgIpc) is 2.50. The minimum atomic E-state index is -0.548. The summed E-state index contributed by atoms with van der Waals surface area (Å²) in [5, 5.41) is 0.172. The van der Waals surface area contributed by atoms with E-state index in [2.05, 4.69) is 9.97 Å². The molecule has 0 spiro atoms. The van der Waals surface area contributed by atoms with Gasteiger partial charge in [-0.25, -0.2) is 14.4 Å². The fourth-order valence-corrected chi connectivity index (χ4v) is 2.35. The Morgan fingerprint density at radius 1 is 1.23 bits per heavy atom. The maximum absolute atomic E-state index is 14.7. The van der Waals surface area contributed by atoms with Gasteiger partial charge in [0.15, 0.2) is 0 Å². The van der Waals surface area contributed by atoms with Crippen LogP contribution in [-0.2, 0) is 0 Å². The van der Waals surface area contributed by atoms with Crippen LogP contribution in [0.4, 0.5) is 10.3 Å². The van der Waals surface area contributed by atoms with Crippen molar-refractivity contribution in [3.8, 4) is 11.5 Å². The molecule has 0 unspecified atom stereocenters. The van der Waals surface area contributed by atoms with Gasteiger partial charge in [-0.05, 0) is 13.0 Å². The second kappa shape index (κ2) is 6.62. The number of nitrogens with two attached hydrogens (primary N) is 1. The molecule has 116 valence electrons. The molecule has 0 saturated carbocycles. The van der Waals surface area contributed by atoms with E-state index in [0.717, 1.165) is 0 Å². The summed E-state index contributed by atoms with van der Waals surface area (Å²) in [7, 11) is 2.95. The Bertz CT molecular complexity index is 689. The number of benzene rings is 1. The second-order valence-electron chi connectivity index (χ2n) is 4.46. The van der Waals surface area contributed by atoms with Gasteiger partial charge < -0.3 is 15.2 Å². The van der Waals surface area contributed by atoms with E-state index in [1.54, 1.807) is 13.0 Å². The minimum absolute atomic E-state index is 0.120. The molecule has 1 heterocycles. The Morgan fingerprint density at radius 3 is 2.36 bits per heavy atom. The average molecular weight is 324 g/mol. The highest BCUT2D eigenvalue weighted by molar-refractivity contribution is 6.34. The van der Waals surface area contributed by atoms with Crippen LogP contribution >= 0.6 is 11.6 Å². The SMILES string of the molecule is COc1cc(OC)c(Cl)c(/C(F)=C/c2cnc(N)nc2)c1C. The first-order valence-electron chi connectivity index (χ1n) is 6.34. The summed E-state index contributed by atoms with van der Waals surface area (Å²) in [6, 6.07) is 1.61. The Balaban J connectivity index is 2.57. The van der Waals surface area contributed by atoms with Crippen molar-refractivity contribution >= 4 is 29.5 Å². The van der Waals surface area contributed by atoms with Crippen molar-refractivity contribution in [1.29, 1.82) is 0 Å². The second-order valence-corrected chi connectivity index (χ2v) is 4.84. The lowest BCUT2D eigenvalue weighted by Gasteiger charge is -2.14. The third kappa shape index (κ3) is 3.12. The van der Waals surface area contributed by atoms with Crippen molar-refractivity contribution < 1.29 is 13.9 Å². The van der Waals surface area contributed by atoms with E-state index < -0.39 is 5.83 Å². The highest BCUT2D eigenvalue weighted by Gasteiger charge is 2.19. The zero-order valence-corrected chi connectivity index (χ0v) is 13.1. The first-order chi connectivity index (χ1) is 10.5. The van der Waals surface area contributed by atoms with E-state index in [4.69, 9.17) is 26.8 Å². The molecular weight excluding hydrogens is 309 g/mol. The molecule has 22 heavy (non-hydrogen) atoms. The topological polar surface area (TPSA) is 70.3 Å². The molecule has 5 nitrogen and oxygen atoms in total. The van der Waals surface area contributed by atoms with E-state index in [1.807, 2.05) is 0 Å². The number of hydrogen-bond acceptors (Lipinski definition) is 5. The highest BCUT2D eigenvalue weighted by atomic mass is 35.5. The van der Waals surface area contributed by atoms with Crippen LogP contribution in [0.25, 0.3) is 11.9 Å². The highest BCUT2D eigenvalue weighted by Crippen LogP contribution is 2.41. The maximum Gasteiger partial charge on any atom is 0.219 e. The smallest absolute Gasteiger partial charge is 0.219 e. The standard InChI is InChI=1S/C15H15ClFN3O2/c1-8-11(21-2)5-12(22-3)14(16)13(8)10(17)4-9-6-19-15(18)20-7-9/h4-7H,1-3H3,(H2,18,19,20)/b10-4-. The monoisotopic (exact) mass is 323 g/mol. The molecule has 0 aliphatic carbocycles. The molecule has 7 heteroatoms. The number of nitrogen functional groups attached to an aromatic ring is 1. The Morgan fingerprint density at radius 2 is 1.82 bits per heavy atom. The number of rotatable bonds is 4. The number of methoxy groups -OCH3 is 2. The normalized spacial score (nSPS) is 11.4. The van der Waals surface area contributed by atoms with Crippen molar-refractivity contribution in [2.45, 2.75) is 6.92 Å². The predicted octanol–water partition coefficient (Wildman–Crippen LogP) is 3.51. The molecule has 0 saturated heterocycles. The van der Waals surface area contributed by atoms with Crippen LogP contribution in [0.2, 0.25) is 5.02 Å². The molecule has 2 rings (SSSR count). The summed E-state index contributed by atoms with van der Waals surface area (Å²) in [4.78, 5) is 7.62. The lowest BCUT2D eigenvalue weighted by molar-refractivity contribution is 0.392. The molecule has 2 aromatic rings. The van der Waals surface area contributed by atoms with Crippen LogP contribution in [0.1, 0.15) is 16.7 Å². The Kier molecular flexibility index (Phi) is 4.82. The van der Waals surface area contributed by atoms with Crippen LogP contribution in [0.5, 0.6) is 11.5 Å². The van der Waals surface area contributed by atoms with Crippen LogP contribution in [0.3, 0.4) is 0 Å². The molecular formula is C15H15ClFN3O2. The van der Waals surface area contributed by atoms with Gasteiger partial charge in [-0.1, -0.05) is 11.6 Å². The number of anilines is 1. The fraction of sp³-hybridized carbons (Fsp3) is 0.200. The molecule has 0 radical (unpaired) electrons. The molecule has 1 aromatic heterocycles. The van der Waals surface area contributed by atoms with Crippen LogP contribution in [0.15, 0.2) is 18.5 Å². The molecule has 0 atom stereocenters. The van der Waals surface area contributed by atoms with E-state index in [1.165, 1.54) is 32.7 Å². The summed E-state index contributed by atoms with van der Waals surface area (Å²) < 4.78 is 25.0. The zero-order chi connectivity index (χ0) is 16.3. The van der Waals surface area contributed by atoms with E-state index >= 15 is 0 Å². The lowest BCUT2D eigenvalue weighted by atomic mass is 10.0. The van der Waals surface area contributed by atoms with Crippen molar-refractivity contribution in [2.75, 3.05) is 20.0 Å². The van der Waals surface area contributed by atoms with Gasteiger partial charge in [-0.3, -0.25) is 0 Å². The predicted molar refractivity (Wildman–Crippen MR) is 84.7 cm³/mol. The molecule has 0 amide bonds. The van der Waals surface area contributed by atoms with Crippen LogP contribution in [0, 0.1) is 6.92 Å². The third-order valence-corrected chi connectivity index (χ3v) is 3.48. The number of aromatic nitrogens is 2. The van der Waals surface area contributed by atoms with Gasteiger partial charge in [0.1, 0.15) is 17.3 Å². The van der Waals surface area contributed by atoms with Crippen LogP contribution in [-0.4, -0.2) is 24.2 Å². The minimum Gasteiger partial charge on any atom is -0.496 e. The first kappa shape index (κ1) is 16.0. The molecule has 0 bridgehead atoms. The van der Waals surface area contributed by atoms with Gasteiger partial charge in [0.25, 0.3) is 0 Å². The van der Waals surface area contributed by atoms with Gasteiger partial charge >= 0.3 is 0 Å². The van der Waals surface area contributed by atoms with Gasteiger partial charge in [-0.2, -0.15) is 0 Å². The summed E-state index contributed by atoms with van der Waals surface area (Å²) in [5.41, 5.74) is 6.64. The Hall–Kier alpha value is -2.34. The zero-order valence-electron chi connectivity index (χ0n) is 12.4. The number of ether oxygens (including phenoxy) is 2. The maximum atomic E-state index is 14.7. The first-order valence-corrected chi connectivity index (χ1v) is 6.72. The quantitative estimate of drug-likeness (QED) is 0.932. The Labute approximate surface area is 132 Å². The van der Waals surface area contributed by atoms with Crippen molar-refractivity contribution in [2.24, 2.45) is 0 Å². The molecule has 0 aliphatic heterocycles. The van der Waals surface area contributed by atoms with Gasteiger partial charge in [-0.15, -0.1) is 0 Å². The largest absolute Gasteiger partial charge is 0.496 e. The molecule has 2 N–H and O–H groups in total. The van der Waals surface area contributed by atoms with Gasteiger partial charge in [0.2, 0.25) is 5.95 Å². The summed E-state index contributed by atoms with van der Waals surface area (Å²) in [6.07, 6.45) is 4.11. The van der Waals surface area contributed by atoms with Crippen molar-refractivity contribution in [3.05, 3.63) is 40.2 Å². The summed E-state index contributed by atoms with van der Waals surface area (Å²) in [6.45, 7) is 1.71. The van der Waals surface area contributed by atoms with Crippen LogP contribution < -0.4 is 15.2 Å². The molecule has 0 aliphatic rings. The summed E-state index contributed by atoms with van der Waals surface area (Å²) >= 11 is 6.22. The number of nitrogens with zero attached hydrogens (tertiary/aromatic N) is 2. The lowest BCUT2D eigenvalue weighted by Crippen LogP contribution is -1.97. The van der Waals surface area contributed by atoms with E-state index in [9.17, 15) is 4.39 Å². The van der Waals surface area contributed by atoms with E-state index in [-0.39, 0.29) is 16.5 Å². The third-order valence-electron chi connectivity index (χ3n) is 3.11. The van der Waals surface area contributed by atoms with Crippen molar-refractivity contribution in [3.63, 3.8) is 0 Å². The molecule has 1 aromatic carbocycles. The number of halogens is 2. The van der Waals surface area contributed by atoms with E-state index in [0.29, 0.717) is 22.6 Å². The van der Waals surface area contributed by atoms with Gasteiger partial charge in [0, 0.05) is 35.2 Å². The molecule has 0 fully saturated rings. The summed E-state index contributed by atoms with van der Waals surface area (Å²) in [5.74, 6) is 0.382. The van der Waals surface area contributed by atoms with Gasteiger partial charge in [0.05, 0.1) is 19.2 Å². The number of hydrogen-bond donors (Lipinski definition) is 1. The fourth-order valence-electron chi connectivity index (χ4n) is 1.99. The van der Waals surface area contributed by atoms with Crippen molar-refractivity contribution in [1.82, 2.24) is 9.97 Å².